The van der Waals surface area contributed by atoms with Crippen LogP contribution < -0.4 is 15.4 Å². The van der Waals surface area contributed by atoms with Gasteiger partial charge in [-0.3, -0.25) is 9.89 Å². The lowest BCUT2D eigenvalue weighted by molar-refractivity contribution is -0.0180. The zero-order chi connectivity index (χ0) is 20.4. The molecule has 7 nitrogen and oxygen atoms in total. The summed E-state index contributed by atoms with van der Waals surface area (Å²) in [6.45, 7) is 13.4. The van der Waals surface area contributed by atoms with Crippen LogP contribution in [0, 0.1) is 6.92 Å². The maximum absolute atomic E-state index is 10.7. The van der Waals surface area contributed by atoms with Gasteiger partial charge >= 0.3 is 0 Å². The number of hydrogen-bond donors (Lipinski definition) is 3. The van der Waals surface area contributed by atoms with E-state index in [9.17, 15) is 5.11 Å². The highest BCUT2D eigenvalue weighted by Gasteiger charge is 2.25. The van der Waals surface area contributed by atoms with Crippen LogP contribution >= 0.6 is 0 Å². The molecule has 1 aliphatic heterocycles. The van der Waals surface area contributed by atoms with Crippen molar-refractivity contribution in [1.82, 2.24) is 15.5 Å². The van der Waals surface area contributed by atoms with E-state index in [1.807, 2.05) is 45.0 Å². The third-order valence-electron chi connectivity index (χ3n) is 4.51. The topological polar surface area (TPSA) is 78.4 Å². The normalized spacial score (nSPS) is 19.0. The second-order valence-corrected chi connectivity index (χ2v) is 7.70. The van der Waals surface area contributed by atoms with E-state index in [0.717, 1.165) is 38.6 Å². The molecule has 1 fully saturated rings. The van der Waals surface area contributed by atoms with Crippen molar-refractivity contribution in [3.05, 3.63) is 29.8 Å². The maximum atomic E-state index is 10.7. The number of nitrogens with zero attached hydrogens (tertiary/aromatic N) is 2. The Morgan fingerprint density at radius 2 is 1.96 bits per heavy atom. The smallest absolute Gasteiger partial charge is 0.191 e. The molecule has 7 heteroatoms. The van der Waals surface area contributed by atoms with Gasteiger partial charge in [-0.1, -0.05) is 17.7 Å². The van der Waals surface area contributed by atoms with E-state index in [0.29, 0.717) is 25.6 Å². The molecule has 1 aromatic rings. The molecule has 0 spiro atoms. The van der Waals surface area contributed by atoms with E-state index < -0.39 is 5.60 Å². The second-order valence-electron chi connectivity index (χ2n) is 7.70. The lowest BCUT2D eigenvalue weighted by atomic mass is 10.1. The van der Waals surface area contributed by atoms with Crippen molar-refractivity contribution in [2.45, 2.75) is 39.4 Å². The predicted octanol–water partition coefficient (Wildman–Crippen LogP) is 1.40. The lowest BCUT2D eigenvalue weighted by Crippen LogP contribution is -2.48. The number of hydrogen-bond acceptors (Lipinski definition) is 5. The van der Waals surface area contributed by atoms with Gasteiger partial charge in [0.05, 0.1) is 31.9 Å². The van der Waals surface area contributed by atoms with Crippen molar-refractivity contribution in [1.29, 1.82) is 0 Å². The van der Waals surface area contributed by atoms with E-state index in [-0.39, 0.29) is 6.10 Å². The molecule has 1 heterocycles. The van der Waals surface area contributed by atoms with Crippen LogP contribution in [-0.2, 0) is 4.74 Å². The van der Waals surface area contributed by atoms with E-state index >= 15 is 0 Å². The van der Waals surface area contributed by atoms with Crippen molar-refractivity contribution in [3.8, 4) is 5.75 Å². The average Bonchev–Trinajstić information content (AvgIpc) is 2.66. The first-order valence-corrected chi connectivity index (χ1v) is 10.2. The molecule has 0 aliphatic carbocycles. The van der Waals surface area contributed by atoms with Crippen molar-refractivity contribution in [3.63, 3.8) is 0 Å². The summed E-state index contributed by atoms with van der Waals surface area (Å²) in [4.78, 5) is 6.79. The van der Waals surface area contributed by atoms with Crippen LogP contribution in [0.3, 0.4) is 0 Å². The van der Waals surface area contributed by atoms with Gasteiger partial charge in [0.15, 0.2) is 5.96 Å². The van der Waals surface area contributed by atoms with Crippen molar-refractivity contribution >= 4 is 5.96 Å². The van der Waals surface area contributed by atoms with Gasteiger partial charge in [-0.2, -0.15) is 0 Å². The summed E-state index contributed by atoms with van der Waals surface area (Å²) >= 11 is 0. The first-order chi connectivity index (χ1) is 13.4. The van der Waals surface area contributed by atoms with Crippen molar-refractivity contribution in [2.75, 3.05) is 52.5 Å². The van der Waals surface area contributed by atoms with Gasteiger partial charge in [-0.05, 0) is 39.8 Å². The first-order valence-electron chi connectivity index (χ1n) is 10.2. The van der Waals surface area contributed by atoms with Gasteiger partial charge in [0, 0.05) is 26.2 Å². The monoisotopic (exact) mass is 392 g/mol. The summed E-state index contributed by atoms with van der Waals surface area (Å²) in [5.41, 5.74) is 0.327. The molecule has 2 unspecified atom stereocenters. The van der Waals surface area contributed by atoms with Crippen LogP contribution in [0.2, 0.25) is 0 Å². The maximum Gasteiger partial charge on any atom is 0.191 e. The Morgan fingerprint density at radius 1 is 1.29 bits per heavy atom. The van der Waals surface area contributed by atoms with E-state index in [2.05, 4.69) is 27.4 Å². The van der Waals surface area contributed by atoms with Gasteiger partial charge < -0.3 is 25.2 Å². The molecule has 1 saturated heterocycles. The quantitative estimate of drug-likeness (QED) is 0.436. The van der Waals surface area contributed by atoms with Crippen molar-refractivity contribution in [2.24, 2.45) is 4.99 Å². The Hall–Kier alpha value is -1.83. The minimum absolute atomic E-state index is 0.0135. The lowest BCUT2D eigenvalue weighted by Gasteiger charge is -2.33. The fourth-order valence-corrected chi connectivity index (χ4v) is 3.01. The van der Waals surface area contributed by atoms with E-state index in [1.54, 1.807) is 0 Å². The van der Waals surface area contributed by atoms with Crippen LogP contribution in [0.5, 0.6) is 5.75 Å². The Balaban J connectivity index is 1.82. The van der Waals surface area contributed by atoms with Crippen molar-refractivity contribution < 1.29 is 14.6 Å². The molecule has 0 saturated carbocycles. The number of aliphatic imine (C=N–C) groups is 1. The van der Waals surface area contributed by atoms with Gasteiger partial charge in [0.1, 0.15) is 11.9 Å². The SMILES string of the molecule is CCNC(=NCC(C)(O)CN1CCOCC1)NCC(C)Oc1ccc(C)cc1. The van der Waals surface area contributed by atoms with E-state index in [1.165, 1.54) is 5.56 Å². The number of β-amino-alcohol motifs (C(OH)–C–C–N with tert-alkyl or cyclic N) is 1. The molecular formula is C21H36N4O3. The van der Waals surface area contributed by atoms with Crippen LogP contribution in [0.15, 0.2) is 29.3 Å². The average molecular weight is 393 g/mol. The Morgan fingerprint density at radius 3 is 2.61 bits per heavy atom. The molecule has 2 rings (SSSR count). The summed E-state index contributed by atoms with van der Waals surface area (Å²) in [7, 11) is 0. The zero-order valence-corrected chi connectivity index (χ0v) is 17.7. The fourth-order valence-electron chi connectivity index (χ4n) is 3.01. The molecule has 0 aromatic heterocycles. The number of benzene rings is 1. The molecule has 2 atom stereocenters. The van der Waals surface area contributed by atoms with Crippen LogP contribution in [0.4, 0.5) is 0 Å². The van der Waals surface area contributed by atoms with Gasteiger partial charge in [0.2, 0.25) is 0 Å². The molecule has 0 bridgehead atoms. The van der Waals surface area contributed by atoms with Gasteiger partial charge in [-0.25, -0.2) is 0 Å². The highest BCUT2D eigenvalue weighted by Crippen LogP contribution is 2.13. The number of aliphatic hydroxyl groups is 1. The highest BCUT2D eigenvalue weighted by atomic mass is 16.5. The second kappa shape index (κ2) is 11.2. The third-order valence-corrected chi connectivity index (χ3v) is 4.51. The molecular weight excluding hydrogens is 356 g/mol. The summed E-state index contributed by atoms with van der Waals surface area (Å²) in [5.74, 6) is 1.54. The standard InChI is InChI=1S/C21H36N4O3/c1-5-22-20(23-14-18(3)28-19-8-6-17(2)7-9-19)24-15-21(4,26)16-25-10-12-27-13-11-25/h6-9,18,26H,5,10-16H2,1-4H3,(H2,22,23,24). The Kier molecular flexibility index (Phi) is 9.02. The molecule has 1 aliphatic rings. The number of nitrogens with one attached hydrogen (secondary N) is 2. The fraction of sp³-hybridized carbons (Fsp3) is 0.667. The van der Waals surface area contributed by atoms with E-state index in [4.69, 9.17) is 9.47 Å². The first kappa shape index (κ1) is 22.5. The Labute approximate surface area is 169 Å². The number of rotatable bonds is 9. The van der Waals surface area contributed by atoms with Gasteiger partial charge in [-0.15, -0.1) is 0 Å². The third kappa shape index (κ3) is 8.46. The minimum atomic E-state index is -0.885. The van der Waals surface area contributed by atoms with Crippen LogP contribution in [0.1, 0.15) is 26.3 Å². The van der Waals surface area contributed by atoms with Crippen LogP contribution in [0.25, 0.3) is 0 Å². The Bertz CT molecular complexity index is 598. The highest BCUT2D eigenvalue weighted by molar-refractivity contribution is 5.79. The molecule has 1 aromatic carbocycles. The molecule has 28 heavy (non-hydrogen) atoms. The summed E-state index contributed by atoms with van der Waals surface area (Å²) in [5, 5.41) is 17.2. The summed E-state index contributed by atoms with van der Waals surface area (Å²) in [6, 6.07) is 8.04. The number of morpholine rings is 1. The number of guanidine groups is 1. The molecule has 0 amide bonds. The number of ether oxygens (including phenoxy) is 2. The van der Waals surface area contributed by atoms with Gasteiger partial charge in [0.25, 0.3) is 0 Å². The summed E-state index contributed by atoms with van der Waals surface area (Å²) in [6.07, 6.45) is -0.0135. The zero-order valence-electron chi connectivity index (χ0n) is 17.7. The largest absolute Gasteiger partial charge is 0.489 e. The van der Waals surface area contributed by atoms with Crippen LogP contribution in [-0.4, -0.2) is 80.2 Å². The summed E-state index contributed by atoms with van der Waals surface area (Å²) < 4.78 is 11.3. The predicted molar refractivity (Wildman–Crippen MR) is 113 cm³/mol. The minimum Gasteiger partial charge on any atom is -0.489 e. The molecule has 158 valence electrons. The molecule has 3 N–H and O–H groups in total. The molecule has 0 radical (unpaired) electrons. The number of aryl methyl sites for hydroxylation is 1.